The lowest BCUT2D eigenvalue weighted by atomic mass is 10.0. The molecule has 2 aromatic rings. The molecule has 0 aliphatic carbocycles. The summed E-state index contributed by atoms with van der Waals surface area (Å²) in [5.74, 6) is 1.02. The molecule has 0 spiro atoms. The fraction of sp³-hybridized carbons (Fsp3) is 0.278. The van der Waals surface area contributed by atoms with Gasteiger partial charge in [-0.1, -0.05) is 37.3 Å². The van der Waals surface area contributed by atoms with Gasteiger partial charge in [-0.15, -0.1) is 0 Å². The Labute approximate surface area is 126 Å². The molecule has 3 heteroatoms. The second kappa shape index (κ2) is 7.48. The zero-order chi connectivity index (χ0) is 15.1. The van der Waals surface area contributed by atoms with Crippen LogP contribution in [0.4, 0.5) is 0 Å². The number of rotatable bonds is 6. The van der Waals surface area contributed by atoms with Crippen LogP contribution in [0.1, 0.15) is 35.7 Å². The molecule has 21 heavy (non-hydrogen) atoms. The molecule has 1 amide bonds. The van der Waals surface area contributed by atoms with E-state index < -0.39 is 0 Å². The summed E-state index contributed by atoms with van der Waals surface area (Å²) in [6.07, 6.45) is 0. The van der Waals surface area contributed by atoms with Crippen LogP contribution in [0.2, 0.25) is 0 Å². The standard InChI is InChI=1S/C18H21NO2/c1-3-21-17-11-9-16(10-12-17)18(20)19-13-14(2)15-7-5-4-6-8-15/h4-12,14H,3,13H2,1-2H3,(H,19,20). The van der Waals surface area contributed by atoms with E-state index in [0.717, 1.165) is 5.75 Å². The first-order valence-corrected chi connectivity index (χ1v) is 7.26. The summed E-state index contributed by atoms with van der Waals surface area (Å²) in [6, 6.07) is 17.4. The fourth-order valence-electron chi connectivity index (χ4n) is 2.12. The molecule has 0 saturated heterocycles. The zero-order valence-corrected chi connectivity index (χ0v) is 12.5. The third-order valence-corrected chi connectivity index (χ3v) is 3.36. The molecule has 1 N–H and O–H groups in total. The molecule has 1 atom stereocenters. The molecule has 0 aromatic heterocycles. The van der Waals surface area contributed by atoms with Crippen molar-refractivity contribution in [2.45, 2.75) is 19.8 Å². The first-order chi connectivity index (χ1) is 10.2. The lowest BCUT2D eigenvalue weighted by Gasteiger charge is -2.13. The highest BCUT2D eigenvalue weighted by Crippen LogP contribution is 2.14. The number of amides is 1. The van der Waals surface area contributed by atoms with Crippen molar-refractivity contribution in [1.82, 2.24) is 5.32 Å². The number of carbonyl (C=O) groups is 1. The topological polar surface area (TPSA) is 38.3 Å². The summed E-state index contributed by atoms with van der Waals surface area (Å²) in [7, 11) is 0. The van der Waals surface area contributed by atoms with Crippen LogP contribution >= 0.6 is 0 Å². The number of ether oxygens (including phenoxy) is 1. The van der Waals surface area contributed by atoms with Gasteiger partial charge < -0.3 is 10.1 Å². The second-order valence-corrected chi connectivity index (χ2v) is 4.98. The summed E-state index contributed by atoms with van der Waals surface area (Å²) in [4.78, 5) is 12.1. The van der Waals surface area contributed by atoms with Crippen LogP contribution in [0.3, 0.4) is 0 Å². The molecule has 0 radical (unpaired) electrons. The van der Waals surface area contributed by atoms with Crippen molar-refractivity contribution in [3.05, 3.63) is 65.7 Å². The van der Waals surface area contributed by atoms with Gasteiger partial charge in [0.1, 0.15) is 5.75 Å². The first kappa shape index (κ1) is 15.1. The van der Waals surface area contributed by atoms with Crippen LogP contribution in [0.25, 0.3) is 0 Å². The lowest BCUT2D eigenvalue weighted by molar-refractivity contribution is 0.0951. The van der Waals surface area contributed by atoms with E-state index >= 15 is 0 Å². The maximum Gasteiger partial charge on any atom is 0.251 e. The van der Waals surface area contributed by atoms with Gasteiger partial charge in [-0.2, -0.15) is 0 Å². The molecular formula is C18H21NO2. The minimum Gasteiger partial charge on any atom is -0.494 e. The minimum absolute atomic E-state index is 0.0548. The summed E-state index contributed by atoms with van der Waals surface area (Å²) in [5, 5.41) is 2.97. The van der Waals surface area contributed by atoms with E-state index in [0.29, 0.717) is 18.7 Å². The van der Waals surface area contributed by atoms with Crippen LogP contribution in [0, 0.1) is 0 Å². The second-order valence-electron chi connectivity index (χ2n) is 4.98. The van der Waals surface area contributed by atoms with Gasteiger partial charge in [0, 0.05) is 12.1 Å². The summed E-state index contributed by atoms with van der Waals surface area (Å²) in [6.45, 7) is 5.29. The minimum atomic E-state index is -0.0548. The molecule has 0 bridgehead atoms. The normalized spacial score (nSPS) is 11.7. The van der Waals surface area contributed by atoms with Crippen LogP contribution < -0.4 is 10.1 Å². The first-order valence-electron chi connectivity index (χ1n) is 7.26. The van der Waals surface area contributed by atoms with Crippen molar-refractivity contribution in [2.24, 2.45) is 0 Å². The predicted octanol–water partition coefficient (Wildman–Crippen LogP) is 3.62. The lowest BCUT2D eigenvalue weighted by Crippen LogP contribution is -2.27. The molecule has 110 valence electrons. The molecule has 2 rings (SSSR count). The van der Waals surface area contributed by atoms with Crippen molar-refractivity contribution >= 4 is 5.91 Å². The Morgan fingerprint density at radius 2 is 1.76 bits per heavy atom. The van der Waals surface area contributed by atoms with Crippen molar-refractivity contribution in [1.29, 1.82) is 0 Å². The maximum atomic E-state index is 12.1. The number of benzene rings is 2. The SMILES string of the molecule is CCOc1ccc(C(=O)NCC(C)c2ccccc2)cc1. The molecule has 0 aliphatic rings. The van der Waals surface area contributed by atoms with E-state index in [1.807, 2.05) is 37.3 Å². The average molecular weight is 283 g/mol. The molecule has 3 nitrogen and oxygen atoms in total. The highest BCUT2D eigenvalue weighted by Gasteiger charge is 2.09. The van der Waals surface area contributed by atoms with Crippen LogP contribution in [0.5, 0.6) is 5.75 Å². The van der Waals surface area contributed by atoms with E-state index in [4.69, 9.17) is 4.74 Å². The average Bonchev–Trinajstić information content (AvgIpc) is 2.54. The third-order valence-electron chi connectivity index (χ3n) is 3.36. The van der Waals surface area contributed by atoms with E-state index in [1.54, 1.807) is 12.1 Å². The zero-order valence-electron chi connectivity index (χ0n) is 12.5. The summed E-state index contributed by atoms with van der Waals surface area (Å²) < 4.78 is 5.36. The van der Waals surface area contributed by atoms with Crippen molar-refractivity contribution in [3.63, 3.8) is 0 Å². The Hall–Kier alpha value is -2.29. The van der Waals surface area contributed by atoms with Crippen molar-refractivity contribution in [3.8, 4) is 5.75 Å². The Morgan fingerprint density at radius 1 is 1.10 bits per heavy atom. The third kappa shape index (κ3) is 4.35. The Morgan fingerprint density at radius 3 is 2.38 bits per heavy atom. The van der Waals surface area contributed by atoms with Gasteiger partial charge in [0.25, 0.3) is 5.91 Å². The predicted molar refractivity (Wildman–Crippen MR) is 84.8 cm³/mol. The largest absolute Gasteiger partial charge is 0.494 e. The molecule has 1 unspecified atom stereocenters. The highest BCUT2D eigenvalue weighted by atomic mass is 16.5. The van der Waals surface area contributed by atoms with Gasteiger partial charge in [-0.3, -0.25) is 4.79 Å². The molecular weight excluding hydrogens is 262 g/mol. The Bertz CT molecular complexity index is 564. The molecule has 0 fully saturated rings. The summed E-state index contributed by atoms with van der Waals surface area (Å²) in [5.41, 5.74) is 1.88. The van der Waals surface area contributed by atoms with E-state index in [9.17, 15) is 4.79 Å². The molecule has 0 saturated carbocycles. The quantitative estimate of drug-likeness (QED) is 0.879. The van der Waals surface area contributed by atoms with Crippen LogP contribution in [-0.2, 0) is 0 Å². The van der Waals surface area contributed by atoms with Gasteiger partial charge >= 0.3 is 0 Å². The Balaban J connectivity index is 1.89. The van der Waals surface area contributed by atoms with Gasteiger partial charge in [0.15, 0.2) is 0 Å². The van der Waals surface area contributed by atoms with E-state index in [1.165, 1.54) is 5.56 Å². The fourth-order valence-corrected chi connectivity index (χ4v) is 2.12. The van der Waals surface area contributed by atoms with Gasteiger partial charge in [0.05, 0.1) is 6.61 Å². The number of carbonyl (C=O) groups excluding carboxylic acids is 1. The molecule has 0 heterocycles. The number of nitrogens with one attached hydrogen (secondary N) is 1. The smallest absolute Gasteiger partial charge is 0.251 e. The van der Waals surface area contributed by atoms with Crippen LogP contribution in [-0.4, -0.2) is 19.1 Å². The van der Waals surface area contributed by atoms with E-state index in [2.05, 4.69) is 24.4 Å². The van der Waals surface area contributed by atoms with Gasteiger partial charge in [0.2, 0.25) is 0 Å². The molecule has 0 aliphatic heterocycles. The summed E-state index contributed by atoms with van der Waals surface area (Å²) >= 11 is 0. The highest BCUT2D eigenvalue weighted by molar-refractivity contribution is 5.94. The van der Waals surface area contributed by atoms with Crippen molar-refractivity contribution < 1.29 is 9.53 Å². The Kier molecular flexibility index (Phi) is 5.38. The monoisotopic (exact) mass is 283 g/mol. The van der Waals surface area contributed by atoms with Crippen LogP contribution in [0.15, 0.2) is 54.6 Å². The number of hydrogen-bond acceptors (Lipinski definition) is 2. The van der Waals surface area contributed by atoms with Crippen molar-refractivity contribution in [2.75, 3.05) is 13.2 Å². The van der Waals surface area contributed by atoms with Gasteiger partial charge in [-0.25, -0.2) is 0 Å². The molecule has 2 aromatic carbocycles. The van der Waals surface area contributed by atoms with E-state index in [-0.39, 0.29) is 11.8 Å². The van der Waals surface area contributed by atoms with Gasteiger partial charge in [-0.05, 0) is 42.7 Å². The maximum absolute atomic E-state index is 12.1. The number of hydrogen-bond donors (Lipinski definition) is 1.